The minimum Gasteiger partial charge on any atom is -0.466 e. The lowest BCUT2D eigenvalue weighted by molar-refractivity contribution is -0.147. The number of hydrogen-bond donors (Lipinski definition) is 1. The summed E-state index contributed by atoms with van der Waals surface area (Å²) >= 11 is 1.33. The minimum atomic E-state index is -0.794. The highest BCUT2D eigenvalue weighted by Crippen LogP contribution is 2.17. The molecule has 0 aromatic carbocycles. The molecule has 2 amide bonds. The van der Waals surface area contributed by atoms with Gasteiger partial charge in [-0.15, -0.1) is 11.3 Å². The van der Waals surface area contributed by atoms with Crippen molar-refractivity contribution in [3.63, 3.8) is 0 Å². The summed E-state index contributed by atoms with van der Waals surface area (Å²) < 4.78 is 5.16. The first-order chi connectivity index (χ1) is 11.1. The lowest BCUT2D eigenvalue weighted by Gasteiger charge is -2.34. The molecule has 1 unspecified atom stereocenters. The van der Waals surface area contributed by atoms with E-state index < -0.39 is 12.0 Å². The van der Waals surface area contributed by atoms with Crippen LogP contribution in [0.1, 0.15) is 42.3 Å². The van der Waals surface area contributed by atoms with Crippen LogP contribution in [0.3, 0.4) is 0 Å². The number of esters is 1. The lowest BCUT2D eigenvalue weighted by atomic mass is 10.1. The molecule has 2 heterocycles. The summed E-state index contributed by atoms with van der Waals surface area (Å²) in [5, 5.41) is 4.52. The van der Waals surface area contributed by atoms with Crippen molar-refractivity contribution in [2.24, 2.45) is 0 Å². The first kappa shape index (κ1) is 17.5. The maximum Gasteiger partial charge on any atom is 0.308 e. The zero-order valence-electron chi connectivity index (χ0n) is 13.2. The average Bonchev–Trinajstić information content (AvgIpc) is 3.07. The van der Waals surface area contributed by atoms with Crippen LogP contribution in [0.25, 0.3) is 0 Å². The topological polar surface area (TPSA) is 75.7 Å². The number of amides is 2. The number of piperazine rings is 1. The predicted molar refractivity (Wildman–Crippen MR) is 87.3 cm³/mol. The fraction of sp³-hybridized carbons (Fsp3) is 0.562. The third-order valence-electron chi connectivity index (χ3n) is 3.69. The second-order valence-electron chi connectivity index (χ2n) is 5.41. The lowest BCUT2D eigenvalue weighted by Crippen LogP contribution is -2.57. The molecule has 0 spiro atoms. The van der Waals surface area contributed by atoms with Gasteiger partial charge in [0.25, 0.3) is 5.91 Å². The monoisotopic (exact) mass is 338 g/mol. The first-order valence-electron chi connectivity index (χ1n) is 7.91. The molecular weight excluding hydrogens is 316 g/mol. The van der Waals surface area contributed by atoms with Crippen LogP contribution in [0.2, 0.25) is 0 Å². The van der Waals surface area contributed by atoms with Gasteiger partial charge in [0.15, 0.2) is 0 Å². The maximum atomic E-state index is 12.5. The van der Waals surface area contributed by atoms with Gasteiger partial charge in [0.05, 0.1) is 17.9 Å². The Bertz CT molecular complexity index is 544. The molecule has 2 rings (SSSR count). The largest absolute Gasteiger partial charge is 0.466 e. The minimum absolute atomic E-state index is 0.102. The van der Waals surface area contributed by atoms with Gasteiger partial charge >= 0.3 is 5.97 Å². The molecule has 0 bridgehead atoms. The number of rotatable bonds is 7. The van der Waals surface area contributed by atoms with E-state index in [4.69, 9.17) is 4.74 Å². The standard InChI is InChI=1S/C16H22N2O4S/c1-2-3-4-9-22-14(19)11-12-15(20)17-7-8-18(12)16(21)13-6-5-10-23-13/h5-6,10,12H,2-4,7-9,11H2,1H3,(H,17,20). The molecule has 7 heteroatoms. The number of unbranched alkanes of at least 4 members (excludes halogenated alkanes) is 2. The van der Waals surface area contributed by atoms with Gasteiger partial charge in [0, 0.05) is 13.1 Å². The van der Waals surface area contributed by atoms with Gasteiger partial charge in [0.2, 0.25) is 5.91 Å². The molecule has 1 N–H and O–H groups in total. The Balaban J connectivity index is 1.96. The van der Waals surface area contributed by atoms with Crippen molar-refractivity contribution in [2.45, 2.75) is 38.6 Å². The number of nitrogens with zero attached hydrogens (tertiary/aromatic N) is 1. The highest BCUT2D eigenvalue weighted by Gasteiger charge is 2.35. The van der Waals surface area contributed by atoms with Crippen LogP contribution >= 0.6 is 11.3 Å². The third-order valence-corrected chi connectivity index (χ3v) is 4.55. The van der Waals surface area contributed by atoms with E-state index in [1.54, 1.807) is 12.1 Å². The fourth-order valence-electron chi connectivity index (χ4n) is 2.46. The molecule has 1 aliphatic rings. The Morgan fingerprint density at radius 3 is 2.96 bits per heavy atom. The molecule has 0 radical (unpaired) electrons. The summed E-state index contributed by atoms with van der Waals surface area (Å²) in [6.07, 6.45) is 2.76. The van der Waals surface area contributed by atoms with E-state index in [1.807, 2.05) is 5.38 Å². The summed E-state index contributed by atoms with van der Waals surface area (Å²) in [5.41, 5.74) is 0. The van der Waals surface area contributed by atoms with Gasteiger partial charge < -0.3 is 15.0 Å². The van der Waals surface area contributed by atoms with Crippen LogP contribution in [0.4, 0.5) is 0 Å². The Morgan fingerprint density at radius 2 is 2.26 bits per heavy atom. The molecule has 1 aromatic heterocycles. The van der Waals surface area contributed by atoms with Crippen molar-refractivity contribution < 1.29 is 19.1 Å². The Labute approximate surface area is 139 Å². The van der Waals surface area contributed by atoms with Crippen molar-refractivity contribution in [1.82, 2.24) is 10.2 Å². The summed E-state index contributed by atoms with van der Waals surface area (Å²) in [7, 11) is 0. The molecule has 1 atom stereocenters. The summed E-state index contributed by atoms with van der Waals surface area (Å²) in [6, 6.07) is 2.72. The predicted octanol–water partition coefficient (Wildman–Crippen LogP) is 1.81. The highest BCUT2D eigenvalue weighted by atomic mass is 32.1. The zero-order valence-corrected chi connectivity index (χ0v) is 14.1. The number of thiophene rings is 1. The SMILES string of the molecule is CCCCCOC(=O)CC1C(=O)NCCN1C(=O)c1cccs1. The van der Waals surface area contributed by atoms with E-state index in [9.17, 15) is 14.4 Å². The third kappa shape index (κ3) is 4.79. The van der Waals surface area contributed by atoms with E-state index >= 15 is 0 Å². The molecular formula is C16H22N2O4S. The first-order valence-corrected chi connectivity index (χ1v) is 8.79. The number of carbonyl (C=O) groups excluding carboxylic acids is 3. The summed E-state index contributed by atoms with van der Waals surface area (Å²) in [5.74, 6) is -0.947. The van der Waals surface area contributed by atoms with Crippen LogP contribution in [0.15, 0.2) is 17.5 Å². The van der Waals surface area contributed by atoms with Gasteiger partial charge in [-0.05, 0) is 17.9 Å². The molecule has 1 fully saturated rings. The normalized spacial score (nSPS) is 17.7. The molecule has 1 aromatic rings. The van der Waals surface area contributed by atoms with E-state index in [0.29, 0.717) is 24.6 Å². The quantitative estimate of drug-likeness (QED) is 0.608. The summed E-state index contributed by atoms with van der Waals surface area (Å²) in [4.78, 5) is 38.6. The molecule has 126 valence electrons. The van der Waals surface area contributed by atoms with Gasteiger partial charge in [-0.2, -0.15) is 0 Å². The molecule has 6 nitrogen and oxygen atoms in total. The van der Waals surface area contributed by atoms with E-state index in [0.717, 1.165) is 19.3 Å². The fourth-order valence-corrected chi connectivity index (χ4v) is 3.14. The highest BCUT2D eigenvalue weighted by molar-refractivity contribution is 7.12. The van der Waals surface area contributed by atoms with E-state index in [1.165, 1.54) is 16.2 Å². The van der Waals surface area contributed by atoms with Crippen LogP contribution in [0, 0.1) is 0 Å². The van der Waals surface area contributed by atoms with Crippen molar-refractivity contribution in [1.29, 1.82) is 0 Å². The van der Waals surface area contributed by atoms with Crippen molar-refractivity contribution in [3.05, 3.63) is 22.4 Å². The molecule has 1 aliphatic heterocycles. The molecule has 0 aliphatic carbocycles. The Hall–Kier alpha value is -1.89. The van der Waals surface area contributed by atoms with Gasteiger partial charge in [-0.3, -0.25) is 14.4 Å². The van der Waals surface area contributed by atoms with E-state index in [2.05, 4.69) is 12.2 Å². The maximum absolute atomic E-state index is 12.5. The molecule has 23 heavy (non-hydrogen) atoms. The zero-order chi connectivity index (χ0) is 16.7. The van der Waals surface area contributed by atoms with Gasteiger partial charge in [0.1, 0.15) is 6.04 Å². The number of ether oxygens (including phenoxy) is 1. The smallest absolute Gasteiger partial charge is 0.308 e. The summed E-state index contributed by atoms with van der Waals surface area (Å²) in [6.45, 7) is 3.23. The van der Waals surface area contributed by atoms with Gasteiger partial charge in [-0.1, -0.05) is 25.8 Å². The number of hydrogen-bond acceptors (Lipinski definition) is 5. The molecule has 0 saturated carbocycles. The Kier molecular flexibility index (Phi) is 6.58. The van der Waals surface area contributed by atoms with Crippen molar-refractivity contribution in [2.75, 3.05) is 19.7 Å². The van der Waals surface area contributed by atoms with Crippen LogP contribution in [0.5, 0.6) is 0 Å². The van der Waals surface area contributed by atoms with Crippen LogP contribution in [-0.4, -0.2) is 48.4 Å². The number of carbonyl (C=O) groups is 3. The van der Waals surface area contributed by atoms with E-state index in [-0.39, 0.29) is 18.2 Å². The second-order valence-corrected chi connectivity index (χ2v) is 6.36. The van der Waals surface area contributed by atoms with Gasteiger partial charge in [-0.25, -0.2) is 0 Å². The van der Waals surface area contributed by atoms with Crippen molar-refractivity contribution in [3.8, 4) is 0 Å². The van der Waals surface area contributed by atoms with Crippen LogP contribution in [-0.2, 0) is 14.3 Å². The van der Waals surface area contributed by atoms with Crippen molar-refractivity contribution >= 4 is 29.1 Å². The molecule has 1 saturated heterocycles. The second kappa shape index (κ2) is 8.67. The average molecular weight is 338 g/mol. The number of nitrogens with one attached hydrogen (secondary N) is 1. The Morgan fingerprint density at radius 1 is 1.43 bits per heavy atom. The van der Waals surface area contributed by atoms with Crippen LogP contribution < -0.4 is 5.32 Å².